The molecule has 5 rings (SSSR count). The lowest BCUT2D eigenvalue weighted by Gasteiger charge is -2.44. The van der Waals surface area contributed by atoms with Gasteiger partial charge in [0.2, 0.25) is 5.91 Å². The zero-order chi connectivity index (χ0) is 31.8. The Morgan fingerprint density at radius 1 is 0.907 bits per heavy atom. The van der Waals surface area contributed by atoms with Gasteiger partial charge in [-0.15, -0.1) is 0 Å². The third-order valence-electron chi connectivity index (χ3n) is 9.45. The van der Waals surface area contributed by atoms with Crippen molar-refractivity contribution >= 4 is 15.7 Å². The third kappa shape index (κ3) is 4.83. The fraction of sp³-hybridized carbons (Fsp3) is 0.552. The number of hydrogen-bond donors (Lipinski definition) is 1. The normalized spacial score (nSPS) is 26.1. The van der Waals surface area contributed by atoms with Crippen molar-refractivity contribution in [3.8, 4) is 0 Å². The predicted molar refractivity (Wildman–Crippen MR) is 138 cm³/mol. The van der Waals surface area contributed by atoms with E-state index in [1.54, 1.807) is 6.92 Å². The molecule has 1 saturated heterocycles. The number of halogens is 8. The molecule has 1 amide bonds. The summed E-state index contributed by atoms with van der Waals surface area (Å²) in [6.45, 7) is 2.08. The molecule has 2 aromatic carbocycles. The highest BCUT2D eigenvalue weighted by molar-refractivity contribution is 7.92. The molecule has 43 heavy (non-hydrogen) atoms. The minimum absolute atomic E-state index is 0.0517. The quantitative estimate of drug-likeness (QED) is 0.323. The molecule has 236 valence electrons. The number of carbonyl (C=O) groups excluding carboxylic acids is 1. The summed E-state index contributed by atoms with van der Waals surface area (Å²) in [5.74, 6) is -2.86. The van der Waals surface area contributed by atoms with Gasteiger partial charge in [-0.2, -0.15) is 26.3 Å². The van der Waals surface area contributed by atoms with Gasteiger partial charge in [-0.25, -0.2) is 17.2 Å². The minimum atomic E-state index is -6.35. The molecule has 0 aromatic heterocycles. The van der Waals surface area contributed by atoms with E-state index in [-0.39, 0.29) is 60.7 Å². The van der Waals surface area contributed by atoms with Crippen molar-refractivity contribution in [3.63, 3.8) is 0 Å². The maximum Gasteiger partial charge on any atom is 0.435 e. The summed E-state index contributed by atoms with van der Waals surface area (Å²) in [7, 11) is -4.53. The van der Waals surface area contributed by atoms with Crippen molar-refractivity contribution in [2.75, 3.05) is 13.1 Å². The highest BCUT2D eigenvalue weighted by atomic mass is 32.2. The lowest BCUT2D eigenvalue weighted by molar-refractivity contribution is -0.348. The molecule has 0 spiro atoms. The number of carbonyl (C=O) groups is 1. The van der Waals surface area contributed by atoms with E-state index in [0.717, 1.165) is 30.3 Å². The molecule has 5 nitrogen and oxygen atoms in total. The van der Waals surface area contributed by atoms with Crippen molar-refractivity contribution in [1.82, 2.24) is 4.90 Å². The predicted octanol–water partition coefficient (Wildman–Crippen LogP) is 6.13. The van der Waals surface area contributed by atoms with Crippen LogP contribution in [0.25, 0.3) is 0 Å². The Morgan fingerprint density at radius 3 is 2.05 bits per heavy atom. The highest BCUT2D eigenvalue weighted by Gasteiger charge is 2.74. The third-order valence-corrected chi connectivity index (χ3v) is 12.0. The van der Waals surface area contributed by atoms with E-state index >= 15 is 0 Å². The van der Waals surface area contributed by atoms with Crippen LogP contribution in [0.15, 0.2) is 47.4 Å². The molecule has 14 heteroatoms. The molecular formula is C29H29F8NO4S. The van der Waals surface area contributed by atoms with Crippen molar-refractivity contribution in [3.05, 3.63) is 65.0 Å². The summed E-state index contributed by atoms with van der Waals surface area (Å²) in [5, 5.41) is 10.3. The Kier molecular flexibility index (Phi) is 7.47. The van der Waals surface area contributed by atoms with Gasteiger partial charge >= 0.3 is 18.0 Å². The number of hydrogen-bond acceptors (Lipinski definition) is 4. The van der Waals surface area contributed by atoms with E-state index in [9.17, 15) is 53.4 Å². The van der Waals surface area contributed by atoms with E-state index < -0.39 is 61.4 Å². The first-order chi connectivity index (χ1) is 19.8. The lowest BCUT2D eigenvalue weighted by Crippen LogP contribution is -2.51. The highest BCUT2D eigenvalue weighted by Crippen LogP contribution is 2.61. The number of fused-ring (bicyclic) bond motifs is 3. The molecule has 1 aliphatic heterocycles. The fourth-order valence-corrected chi connectivity index (χ4v) is 9.59. The average molecular weight is 640 g/mol. The zero-order valence-electron chi connectivity index (χ0n) is 22.9. The van der Waals surface area contributed by atoms with Gasteiger partial charge < -0.3 is 10.0 Å². The summed E-state index contributed by atoms with van der Waals surface area (Å²) >= 11 is 0. The number of sulfone groups is 1. The number of rotatable bonds is 4. The summed E-state index contributed by atoms with van der Waals surface area (Å²) in [6.07, 6.45) is -12.5. The van der Waals surface area contributed by atoms with Gasteiger partial charge in [-0.05, 0) is 86.8 Å². The second-order valence-electron chi connectivity index (χ2n) is 12.0. The van der Waals surface area contributed by atoms with Gasteiger partial charge in [-0.1, -0.05) is 18.2 Å². The Morgan fingerprint density at radius 2 is 1.49 bits per heavy atom. The molecule has 1 saturated carbocycles. The number of likely N-dealkylation sites (tertiary alicyclic amines) is 1. The van der Waals surface area contributed by atoms with E-state index in [4.69, 9.17) is 0 Å². The second kappa shape index (κ2) is 10.1. The zero-order valence-corrected chi connectivity index (χ0v) is 23.7. The molecule has 0 bridgehead atoms. The number of nitrogens with zero attached hydrogens (tertiary/aromatic N) is 1. The monoisotopic (exact) mass is 639 g/mol. The molecule has 1 heterocycles. The van der Waals surface area contributed by atoms with Crippen LogP contribution in [0.5, 0.6) is 0 Å². The van der Waals surface area contributed by atoms with Gasteiger partial charge in [0, 0.05) is 24.6 Å². The Bertz CT molecular complexity index is 1500. The number of aliphatic hydroxyl groups is 1. The van der Waals surface area contributed by atoms with E-state index in [2.05, 4.69) is 0 Å². The van der Waals surface area contributed by atoms with Crippen molar-refractivity contribution in [2.45, 2.75) is 78.7 Å². The van der Waals surface area contributed by atoms with Crippen LogP contribution >= 0.6 is 0 Å². The SMILES string of the molecule is CC1(O)CCN(C(=O)[C@H]2CC[C@@]3(S(=O)(=O)c4ccc(F)cc4)c4ccc(C(F)(C(F)(F)F)C(F)(F)F)cc4CC[C@@H]23)CC1. The Balaban J connectivity index is 1.64. The van der Waals surface area contributed by atoms with Gasteiger partial charge in [-0.3, -0.25) is 4.79 Å². The molecule has 3 atom stereocenters. The first-order valence-electron chi connectivity index (χ1n) is 13.7. The second-order valence-corrected chi connectivity index (χ2v) is 14.2. The largest absolute Gasteiger partial charge is 0.435 e. The molecule has 1 N–H and O–H groups in total. The van der Waals surface area contributed by atoms with Crippen LogP contribution in [0.2, 0.25) is 0 Å². The van der Waals surface area contributed by atoms with Crippen LogP contribution in [0.3, 0.4) is 0 Å². The van der Waals surface area contributed by atoms with Crippen molar-refractivity contribution in [2.24, 2.45) is 11.8 Å². The van der Waals surface area contributed by atoms with Gasteiger partial charge in [0.15, 0.2) is 9.84 Å². The summed E-state index contributed by atoms with van der Waals surface area (Å²) in [5.41, 5.74) is -8.68. The number of amides is 1. The first-order valence-corrected chi connectivity index (χ1v) is 15.2. The van der Waals surface area contributed by atoms with Crippen LogP contribution in [0.4, 0.5) is 35.1 Å². The molecule has 2 aliphatic carbocycles. The maximum absolute atomic E-state index is 15.0. The van der Waals surface area contributed by atoms with Crippen LogP contribution in [0.1, 0.15) is 55.7 Å². The number of benzene rings is 2. The van der Waals surface area contributed by atoms with Gasteiger partial charge in [0.25, 0.3) is 0 Å². The van der Waals surface area contributed by atoms with Crippen LogP contribution in [-0.4, -0.2) is 55.4 Å². The molecule has 2 aromatic rings. The van der Waals surface area contributed by atoms with Crippen molar-refractivity contribution < 1.29 is 53.4 Å². The maximum atomic E-state index is 15.0. The molecule has 0 radical (unpaired) electrons. The van der Waals surface area contributed by atoms with E-state index in [1.165, 1.54) is 4.90 Å². The first kappa shape index (κ1) is 31.7. The van der Waals surface area contributed by atoms with Crippen LogP contribution in [0, 0.1) is 17.7 Å². The van der Waals surface area contributed by atoms with E-state index in [1.807, 2.05) is 0 Å². The summed E-state index contributed by atoms with van der Waals surface area (Å²) in [4.78, 5) is 14.9. The number of aryl methyl sites for hydroxylation is 1. The van der Waals surface area contributed by atoms with Crippen LogP contribution in [-0.2, 0) is 31.5 Å². The topological polar surface area (TPSA) is 74.7 Å². The number of alkyl halides is 7. The average Bonchev–Trinajstić information content (AvgIpc) is 3.32. The minimum Gasteiger partial charge on any atom is -0.390 e. The van der Waals surface area contributed by atoms with E-state index in [0.29, 0.717) is 25.0 Å². The molecule has 2 fully saturated rings. The van der Waals surface area contributed by atoms with Gasteiger partial charge in [0.05, 0.1) is 10.5 Å². The smallest absolute Gasteiger partial charge is 0.390 e. The molecular weight excluding hydrogens is 610 g/mol. The van der Waals surface area contributed by atoms with Crippen molar-refractivity contribution in [1.29, 1.82) is 0 Å². The Hall–Kier alpha value is -2.74. The van der Waals surface area contributed by atoms with Crippen LogP contribution < -0.4 is 0 Å². The number of piperidine rings is 1. The molecule has 3 aliphatic rings. The summed E-state index contributed by atoms with van der Waals surface area (Å²) < 4.78 is 137. The lowest BCUT2D eigenvalue weighted by atomic mass is 9.72. The fourth-order valence-electron chi connectivity index (χ4n) is 7.12. The Labute approximate surface area is 242 Å². The molecule has 0 unspecified atom stereocenters. The standard InChI is InChI=1S/C29H29F8NO4S/c1-25(40)12-14-38(15-13-25)24(39)21-10-11-26(43(41,42)20-6-4-19(30)5-7-20)22-9-3-18(16-17(22)2-8-23(21)26)27(31,28(32,33)34)29(35,36)37/h3-7,9,16,21,23,40H,2,8,10-15H2,1H3/t21-,23-,26+/m0/s1. The van der Waals surface area contributed by atoms with Gasteiger partial charge in [0.1, 0.15) is 10.6 Å². The summed E-state index contributed by atoms with van der Waals surface area (Å²) in [6, 6.07) is 5.39.